The molecule has 0 heterocycles. The smallest absolute Gasteiger partial charge is 0.0594 e. The number of hydrogen-bond acceptors (Lipinski definition) is 0. The number of halogens is 1. The van der Waals surface area contributed by atoms with Gasteiger partial charge in [0.05, 0.1) is 24.6 Å². The zero-order chi connectivity index (χ0) is 21.5. The first-order valence-electron chi connectivity index (χ1n) is 14.1. The summed E-state index contributed by atoms with van der Waals surface area (Å²) in [4.78, 5) is 0. The summed E-state index contributed by atoms with van der Waals surface area (Å²) >= 11 is 0. The van der Waals surface area contributed by atoms with E-state index < -0.39 is 7.26 Å². The largest absolute Gasteiger partial charge is 1.00 e. The van der Waals surface area contributed by atoms with Crippen molar-refractivity contribution in [2.75, 3.05) is 24.6 Å². The van der Waals surface area contributed by atoms with Gasteiger partial charge in [0.2, 0.25) is 0 Å². The zero-order valence-corrected chi connectivity index (χ0v) is 25.6. The Hall–Kier alpha value is 1.15. The van der Waals surface area contributed by atoms with E-state index in [1.54, 1.807) is 31.1 Å². The van der Waals surface area contributed by atoms with Crippen molar-refractivity contribution >= 4 is 17.2 Å². The molecule has 0 aliphatic carbocycles. The predicted molar refractivity (Wildman–Crippen MR) is 153 cm³/mol. The number of rotatable bonds is 24. The van der Waals surface area contributed by atoms with Crippen LogP contribution in [0.5, 0.6) is 0 Å². The maximum Gasteiger partial charge on any atom is 0.0594 e. The van der Waals surface area contributed by atoms with Gasteiger partial charge in [-0.3, -0.25) is 0 Å². The van der Waals surface area contributed by atoms with E-state index in [1.807, 2.05) is 0 Å². The SMILES string of the molecule is CCCCCCCCCCCCCCCC[P+](CCCC)(CCCC)CCCC.P.[Cl-]. The van der Waals surface area contributed by atoms with Crippen LogP contribution in [0.2, 0.25) is 0 Å². The Morgan fingerprint density at radius 2 is 0.548 bits per heavy atom. The quantitative estimate of drug-likeness (QED) is 0.0938. The minimum absolute atomic E-state index is 0. The Morgan fingerprint density at radius 1 is 0.323 bits per heavy atom. The van der Waals surface area contributed by atoms with Crippen molar-refractivity contribution in [1.29, 1.82) is 0 Å². The van der Waals surface area contributed by atoms with Gasteiger partial charge in [-0.15, -0.1) is 0 Å². The Balaban J connectivity index is -0.00000392. The van der Waals surface area contributed by atoms with Crippen molar-refractivity contribution in [3.63, 3.8) is 0 Å². The third-order valence-corrected chi connectivity index (χ3v) is 12.0. The zero-order valence-electron chi connectivity index (χ0n) is 22.5. The third kappa shape index (κ3) is 24.1. The van der Waals surface area contributed by atoms with Crippen molar-refractivity contribution < 1.29 is 12.4 Å². The van der Waals surface area contributed by atoms with Crippen LogP contribution in [0, 0.1) is 0 Å². The summed E-state index contributed by atoms with van der Waals surface area (Å²) in [5.74, 6) is 0. The van der Waals surface area contributed by atoms with Crippen LogP contribution >= 0.6 is 17.2 Å². The summed E-state index contributed by atoms with van der Waals surface area (Å²) in [6, 6.07) is 0. The third-order valence-electron chi connectivity index (χ3n) is 6.94. The molecule has 0 bridgehead atoms. The monoisotopic (exact) mass is 496 g/mol. The van der Waals surface area contributed by atoms with E-state index in [1.165, 1.54) is 122 Å². The lowest BCUT2D eigenvalue weighted by Gasteiger charge is -2.28. The number of unbranched alkanes of at least 4 members (excludes halogenated alkanes) is 16. The van der Waals surface area contributed by atoms with E-state index in [0.717, 1.165) is 0 Å². The van der Waals surface area contributed by atoms with Gasteiger partial charge in [0.25, 0.3) is 0 Å². The second-order valence-corrected chi connectivity index (χ2v) is 14.4. The van der Waals surface area contributed by atoms with Gasteiger partial charge in [0.15, 0.2) is 0 Å². The normalized spacial score (nSPS) is 11.2. The van der Waals surface area contributed by atoms with Crippen LogP contribution in [-0.4, -0.2) is 24.6 Å². The van der Waals surface area contributed by atoms with Gasteiger partial charge in [-0.05, 0) is 32.1 Å². The molecule has 0 aromatic heterocycles. The molecule has 0 saturated heterocycles. The van der Waals surface area contributed by atoms with Crippen molar-refractivity contribution in [2.24, 2.45) is 0 Å². The average Bonchev–Trinajstić information content (AvgIpc) is 2.74. The van der Waals surface area contributed by atoms with Gasteiger partial charge in [-0.1, -0.05) is 124 Å². The Morgan fingerprint density at radius 3 is 0.839 bits per heavy atom. The maximum absolute atomic E-state index is 2.39. The van der Waals surface area contributed by atoms with Crippen LogP contribution in [0.15, 0.2) is 0 Å². The first-order valence-corrected chi connectivity index (χ1v) is 16.6. The highest BCUT2D eigenvalue weighted by atomic mass is 35.5. The van der Waals surface area contributed by atoms with E-state index in [2.05, 4.69) is 27.7 Å². The summed E-state index contributed by atoms with van der Waals surface area (Å²) in [5, 5.41) is 0. The molecular formula is C28H63ClP2. The molecule has 0 radical (unpaired) electrons. The fourth-order valence-corrected chi connectivity index (χ4v) is 9.99. The molecule has 0 saturated carbocycles. The minimum atomic E-state index is -0.630. The molecule has 0 aliphatic rings. The molecule has 0 amide bonds. The lowest BCUT2D eigenvalue weighted by molar-refractivity contribution is -0.00000681. The lowest BCUT2D eigenvalue weighted by Crippen LogP contribution is -3.00. The molecule has 0 rings (SSSR count). The van der Waals surface area contributed by atoms with E-state index >= 15 is 0 Å². The summed E-state index contributed by atoms with van der Waals surface area (Å²) in [6.45, 7) is 9.48. The minimum Gasteiger partial charge on any atom is -1.00 e. The second-order valence-electron chi connectivity index (χ2n) is 9.89. The summed E-state index contributed by atoms with van der Waals surface area (Å²) in [6.07, 6.45) is 36.0. The van der Waals surface area contributed by atoms with Crippen LogP contribution in [0.4, 0.5) is 0 Å². The summed E-state index contributed by atoms with van der Waals surface area (Å²) in [5.41, 5.74) is 0. The summed E-state index contributed by atoms with van der Waals surface area (Å²) < 4.78 is 0. The summed E-state index contributed by atoms with van der Waals surface area (Å²) in [7, 11) is -0.630. The molecular weight excluding hydrogens is 434 g/mol. The Bertz CT molecular complexity index is 288. The van der Waals surface area contributed by atoms with Crippen molar-refractivity contribution in [1.82, 2.24) is 0 Å². The van der Waals surface area contributed by atoms with Gasteiger partial charge < -0.3 is 12.4 Å². The van der Waals surface area contributed by atoms with Crippen molar-refractivity contribution in [3.05, 3.63) is 0 Å². The van der Waals surface area contributed by atoms with Crippen LogP contribution < -0.4 is 12.4 Å². The fraction of sp³-hybridized carbons (Fsp3) is 1.00. The van der Waals surface area contributed by atoms with Crippen molar-refractivity contribution in [2.45, 2.75) is 156 Å². The molecule has 0 nitrogen and oxygen atoms in total. The van der Waals surface area contributed by atoms with Gasteiger partial charge >= 0.3 is 0 Å². The highest BCUT2D eigenvalue weighted by molar-refractivity contribution is 7.75. The van der Waals surface area contributed by atoms with Gasteiger partial charge in [-0.25, -0.2) is 0 Å². The van der Waals surface area contributed by atoms with Crippen LogP contribution in [0.1, 0.15) is 156 Å². The van der Waals surface area contributed by atoms with Crippen LogP contribution in [0.3, 0.4) is 0 Å². The number of hydrogen-bond donors (Lipinski definition) is 0. The predicted octanol–water partition coefficient (Wildman–Crippen LogP) is 7.95. The molecule has 1 atom stereocenters. The highest BCUT2D eigenvalue weighted by Crippen LogP contribution is 2.61. The Labute approximate surface area is 210 Å². The highest BCUT2D eigenvalue weighted by Gasteiger charge is 2.34. The molecule has 0 aliphatic heterocycles. The van der Waals surface area contributed by atoms with Crippen LogP contribution in [-0.2, 0) is 0 Å². The standard InChI is InChI=1S/C28H60P.ClH.H3P/c1-5-9-13-14-15-16-17-18-19-20-21-22-23-24-28-29(25-10-6-2,26-11-7-3)27-12-8-4;;/h5-28H2,1-4H3;1H;1H3/q+1;;/p-1. The van der Waals surface area contributed by atoms with E-state index in [4.69, 9.17) is 0 Å². The molecule has 0 aromatic carbocycles. The molecule has 0 fully saturated rings. The average molecular weight is 497 g/mol. The van der Waals surface area contributed by atoms with E-state index in [0.29, 0.717) is 0 Å². The van der Waals surface area contributed by atoms with E-state index in [9.17, 15) is 0 Å². The van der Waals surface area contributed by atoms with Gasteiger partial charge in [0, 0.05) is 7.26 Å². The second kappa shape index (κ2) is 29.2. The molecule has 31 heavy (non-hydrogen) atoms. The molecule has 0 N–H and O–H groups in total. The molecule has 192 valence electrons. The Kier molecular flexibility index (Phi) is 34.6. The topological polar surface area (TPSA) is 0 Å². The lowest BCUT2D eigenvalue weighted by atomic mass is 10.0. The molecule has 0 aromatic rings. The first-order chi connectivity index (χ1) is 14.2. The molecule has 1 unspecified atom stereocenters. The fourth-order valence-electron chi connectivity index (χ4n) is 4.79. The van der Waals surface area contributed by atoms with Crippen molar-refractivity contribution in [3.8, 4) is 0 Å². The van der Waals surface area contributed by atoms with Crippen LogP contribution in [0.25, 0.3) is 0 Å². The molecule has 0 spiro atoms. The van der Waals surface area contributed by atoms with Gasteiger partial charge in [0.1, 0.15) is 0 Å². The molecule has 3 heteroatoms. The van der Waals surface area contributed by atoms with E-state index in [-0.39, 0.29) is 22.3 Å². The van der Waals surface area contributed by atoms with Gasteiger partial charge in [-0.2, -0.15) is 9.90 Å². The first kappa shape index (κ1) is 36.7. The maximum atomic E-state index is 2.39.